The van der Waals surface area contributed by atoms with E-state index in [1.165, 1.54) is 0 Å². The fourth-order valence-electron chi connectivity index (χ4n) is 1.14. The van der Waals surface area contributed by atoms with Crippen molar-refractivity contribution >= 4 is 11.8 Å². The van der Waals surface area contributed by atoms with Crippen LogP contribution in [0.4, 0.5) is 4.79 Å². The molecular formula is C13H24N2O2. The van der Waals surface area contributed by atoms with E-state index in [0.717, 1.165) is 25.0 Å². The van der Waals surface area contributed by atoms with Gasteiger partial charge < -0.3 is 4.74 Å². The predicted octanol–water partition coefficient (Wildman–Crippen LogP) is 3.63. The summed E-state index contributed by atoms with van der Waals surface area (Å²) in [5, 5.41) is 3.97. The van der Waals surface area contributed by atoms with Gasteiger partial charge in [0.2, 0.25) is 0 Å². The molecule has 0 saturated carbocycles. The van der Waals surface area contributed by atoms with Gasteiger partial charge in [-0.3, -0.25) is 0 Å². The molecule has 4 heteroatoms. The van der Waals surface area contributed by atoms with Gasteiger partial charge in [-0.2, -0.15) is 5.10 Å². The fourth-order valence-corrected chi connectivity index (χ4v) is 1.14. The number of hydrogen-bond acceptors (Lipinski definition) is 3. The van der Waals surface area contributed by atoms with E-state index < -0.39 is 11.7 Å². The number of hydrogen-bond donors (Lipinski definition) is 1. The normalized spacial score (nSPS) is 12.9. The quantitative estimate of drug-likeness (QED) is 0.345. The van der Waals surface area contributed by atoms with Gasteiger partial charge in [0, 0.05) is 5.71 Å². The minimum absolute atomic E-state index is 0.487. The predicted molar refractivity (Wildman–Crippen MR) is 71.1 cm³/mol. The van der Waals surface area contributed by atoms with Crippen molar-refractivity contribution in [3.63, 3.8) is 0 Å². The Morgan fingerprint density at radius 3 is 2.59 bits per heavy atom. The molecule has 1 amide bonds. The molecular weight excluding hydrogens is 216 g/mol. The number of unbranched alkanes of at least 4 members (excludes halogenated alkanes) is 1. The Hall–Kier alpha value is -1.32. The minimum Gasteiger partial charge on any atom is -0.443 e. The Kier molecular flexibility index (Phi) is 7.26. The lowest BCUT2D eigenvalue weighted by Gasteiger charge is -2.18. The van der Waals surface area contributed by atoms with Crippen LogP contribution in [-0.2, 0) is 4.74 Å². The molecule has 0 heterocycles. The first-order chi connectivity index (χ1) is 7.85. The number of nitrogens with one attached hydrogen (secondary N) is 1. The smallest absolute Gasteiger partial charge is 0.428 e. The highest BCUT2D eigenvalue weighted by Crippen LogP contribution is 2.06. The Morgan fingerprint density at radius 2 is 2.06 bits per heavy atom. The van der Waals surface area contributed by atoms with E-state index in [0.29, 0.717) is 0 Å². The highest BCUT2D eigenvalue weighted by atomic mass is 16.6. The second kappa shape index (κ2) is 7.87. The topological polar surface area (TPSA) is 50.7 Å². The molecule has 98 valence electrons. The van der Waals surface area contributed by atoms with Crippen molar-refractivity contribution < 1.29 is 9.53 Å². The molecule has 0 aromatic rings. The second-order valence-electron chi connectivity index (χ2n) is 4.92. The Bertz CT molecular complexity index is 288. The van der Waals surface area contributed by atoms with Crippen LogP contribution in [0.25, 0.3) is 0 Å². The van der Waals surface area contributed by atoms with Crippen LogP contribution >= 0.6 is 0 Å². The summed E-state index contributed by atoms with van der Waals surface area (Å²) >= 11 is 0. The molecule has 0 atom stereocenters. The number of carbonyl (C=O) groups excluding carboxylic acids is 1. The maximum Gasteiger partial charge on any atom is 0.428 e. The number of carbonyl (C=O) groups is 1. The van der Waals surface area contributed by atoms with Gasteiger partial charge in [0.1, 0.15) is 5.60 Å². The fraction of sp³-hybridized carbons (Fsp3) is 0.692. The van der Waals surface area contributed by atoms with Crippen LogP contribution in [0.3, 0.4) is 0 Å². The van der Waals surface area contributed by atoms with Gasteiger partial charge in [0.15, 0.2) is 0 Å². The van der Waals surface area contributed by atoms with Crippen molar-refractivity contribution in [1.82, 2.24) is 5.43 Å². The van der Waals surface area contributed by atoms with Crippen molar-refractivity contribution in [2.45, 2.75) is 59.5 Å². The number of allylic oxidation sites excluding steroid dienone is 2. The summed E-state index contributed by atoms with van der Waals surface area (Å²) in [6.07, 6.45) is 6.59. The number of rotatable bonds is 5. The van der Waals surface area contributed by atoms with E-state index in [4.69, 9.17) is 4.74 Å². The third-order valence-corrected chi connectivity index (χ3v) is 1.88. The van der Waals surface area contributed by atoms with Gasteiger partial charge in [-0.25, -0.2) is 10.2 Å². The monoisotopic (exact) mass is 240 g/mol. The molecule has 0 saturated heterocycles. The molecule has 0 rings (SSSR count). The first kappa shape index (κ1) is 15.7. The molecule has 0 aliphatic carbocycles. The van der Waals surface area contributed by atoms with Crippen molar-refractivity contribution in [3.05, 3.63) is 12.2 Å². The number of ether oxygens (including phenoxy) is 1. The third kappa shape index (κ3) is 11.0. The number of hydrazone groups is 1. The molecule has 0 bridgehead atoms. The zero-order chi connectivity index (χ0) is 13.3. The molecule has 0 fully saturated rings. The average Bonchev–Trinajstić information content (AvgIpc) is 2.19. The van der Waals surface area contributed by atoms with Crippen molar-refractivity contribution in [2.24, 2.45) is 5.10 Å². The maximum absolute atomic E-state index is 11.3. The molecule has 0 radical (unpaired) electrons. The van der Waals surface area contributed by atoms with Crippen LogP contribution < -0.4 is 5.43 Å². The van der Waals surface area contributed by atoms with Crippen LogP contribution in [-0.4, -0.2) is 17.4 Å². The first-order valence-corrected chi connectivity index (χ1v) is 5.98. The van der Waals surface area contributed by atoms with Crippen LogP contribution in [0.2, 0.25) is 0 Å². The van der Waals surface area contributed by atoms with Crippen LogP contribution in [0.15, 0.2) is 17.3 Å². The lowest BCUT2D eigenvalue weighted by Crippen LogP contribution is -2.30. The molecule has 0 aromatic carbocycles. The lowest BCUT2D eigenvalue weighted by molar-refractivity contribution is 0.0529. The van der Waals surface area contributed by atoms with E-state index in [2.05, 4.69) is 16.6 Å². The largest absolute Gasteiger partial charge is 0.443 e. The first-order valence-electron chi connectivity index (χ1n) is 5.98. The van der Waals surface area contributed by atoms with E-state index >= 15 is 0 Å². The van der Waals surface area contributed by atoms with Crippen LogP contribution in [0, 0.1) is 0 Å². The van der Waals surface area contributed by atoms with Gasteiger partial charge in [0.25, 0.3) is 0 Å². The summed E-state index contributed by atoms with van der Waals surface area (Å²) in [5.74, 6) is 0. The highest BCUT2D eigenvalue weighted by Gasteiger charge is 2.15. The van der Waals surface area contributed by atoms with Gasteiger partial charge >= 0.3 is 6.09 Å². The van der Waals surface area contributed by atoms with E-state index in [-0.39, 0.29) is 0 Å². The SMILES string of the molecule is C/C=C\CCC/C(C)=N/NC(=O)OC(C)(C)C. The van der Waals surface area contributed by atoms with Crippen molar-refractivity contribution in [1.29, 1.82) is 0 Å². The summed E-state index contributed by atoms with van der Waals surface area (Å²) in [5.41, 5.74) is 2.81. The second-order valence-corrected chi connectivity index (χ2v) is 4.92. The Morgan fingerprint density at radius 1 is 1.41 bits per heavy atom. The lowest BCUT2D eigenvalue weighted by atomic mass is 10.2. The molecule has 1 N–H and O–H groups in total. The minimum atomic E-state index is -0.509. The summed E-state index contributed by atoms with van der Waals surface area (Å²) in [7, 11) is 0. The standard InChI is InChI=1S/C13H24N2O2/c1-6-7-8-9-10-11(2)14-15-12(16)17-13(3,4)5/h6-7H,8-10H2,1-5H3,(H,15,16)/b7-6-,14-11+. The summed E-state index contributed by atoms with van der Waals surface area (Å²) in [6.45, 7) is 9.36. The molecule has 17 heavy (non-hydrogen) atoms. The maximum atomic E-state index is 11.3. The van der Waals surface area contributed by atoms with Crippen molar-refractivity contribution in [3.8, 4) is 0 Å². The molecule has 4 nitrogen and oxygen atoms in total. The van der Waals surface area contributed by atoms with E-state index in [9.17, 15) is 4.79 Å². The molecule has 0 aliphatic rings. The summed E-state index contributed by atoms with van der Waals surface area (Å²) in [4.78, 5) is 11.3. The zero-order valence-electron chi connectivity index (χ0n) is 11.5. The summed E-state index contributed by atoms with van der Waals surface area (Å²) < 4.78 is 5.06. The molecule has 0 aromatic heterocycles. The molecule has 0 spiro atoms. The highest BCUT2D eigenvalue weighted by molar-refractivity contribution is 5.83. The molecule has 0 unspecified atom stereocenters. The van der Waals surface area contributed by atoms with Gasteiger partial charge in [-0.15, -0.1) is 0 Å². The molecule has 0 aliphatic heterocycles. The van der Waals surface area contributed by atoms with Crippen LogP contribution in [0.1, 0.15) is 53.9 Å². The van der Waals surface area contributed by atoms with E-state index in [1.807, 2.05) is 40.7 Å². The third-order valence-electron chi connectivity index (χ3n) is 1.88. The van der Waals surface area contributed by atoms with E-state index in [1.54, 1.807) is 0 Å². The Balaban J connectivity index is 3.86. The number of nitrogens with zero attached hydrogens (tertiary/aromatic N) is 1. The van der Waals surface area contributed by atoms with Crippen molar-refractivity contribution in [2.75, 3.05) is 0 Å². The average molecular weight is 240 g/mol. The Labute approximate surface area is 104 Å². The van der Waals surface area contributed by atoms with Gasteiger partial charge in [0.05, 0.1) is 0 Å². The zero-order valence-corrected chi connectivity index (χ0v) is 11.5. The van der Waals surface area contributed by atoms with Gasteiger partial charge in [-0.1, -0.05) is 12.2 Å². The van der Waals surface area contributed by atoms with Crippen LogP contribution in [0.5, 0.6) is 0 Å². The van der Waals surface area contributed by atoms with Gasteiger partial charge in [-0.05, 0) is 53.9 Å². The summed E-state index contributed by atoms with van der Waals surface area (Å²) in [6, 6.07) is 0. The number of amides is 1.